The van der Waals surface area contributed by atoms with Gasteiger partial charge in [-0.15, -0.1) is 0 Å². The molecule has 1 N–H and O–H groups in total. The highest BCUT2D eigenvalue weighted by Crippen LogP contribution is 2.18. The van der Waals surface area contributed by atoms with Gasteiger partial charge < -0.3 is 4.90 Å². The largest absolute Gasteiger partial charge is 0.336 e. The number of likely N-dealkylation sites (tertiary alicyclic amines) is 1. The van der Waals surface area contributed by atoms with Gasteiger partial charge in [-0.1, -0.05) is 12.1 Å². The van der Waals surface area contributed by atoms with Gasteiger partial charge in [0.1, 0.15) is 5.69 Å². The molecular weight excluding hydrogens is 316 g/mol. The SMILES string of the molecule is CNS(=O)(=O)C1CCCN(C(=O)c2cnc3ccccc3n2)C1. The lowest BCUT2D eigenvalue weighted by atomic mass is 10.1. The highest BCUT2D eigenvalue weighted by Gasteiger charge is 2.32. The van der Waals surface area contributed by atoms with Crippen molar-refractivity contribution in [1.82, 2.24) is 19.6 Å². The Labute approximate surface area is 134 Å². The van der Waals surface area contributed by atoms with Gasteiger partial charge in [-0.2, -0.15) is 0 Å². The molecule has 23 heavy (non-hydrogen) atoms. The number of rotatable bonds is 3. The number of nitrogens with one attached hydrogen (secondary N) is 1. The molecule has 1 unspecified atom stereocenters. The van der Waals surface area contributed by atoms with Crippen molar-refractivity contribution >= 4 is 27.0 Å². The quantitative estimate of drug-likeness (QED) is 0.895. The molecular formula is C15H18N4O3S. The first kappa shape index (κ1) is 15.8. The normalized spacial score (nSPS) is 19.0. The van der Waals surface area contributed by atoms with Gasteiger partial charge in [-0.05, 0) is 32.0 Å². The molecule has 0 bridgehead atoms. The summed E-state index contributed by atoms with van der Waals surface area (Å²) in [6.07, 6.45) is 2.65. The highest BCUT2D eigenvalue weighted by molar-refractivity contribution is 7.90. The van der Waals surface area contributed by atoms with Crippen molar-refractivity contribution in [3.63, 3.8) is 0 Å². The summed E-state index contributed by atoms with van der Waals surface area (Å²) in [6.45, 7) is 0.708. The van der Waals surface area contributed by atoms with Crippen LogP contribution in [-0.2, 0) is 10.0 Å². The maximum absolute atomic E-state index is 12.6. The third kappa shape index (κ3) is 3.18. The van der Waals surface area contributed by atoms with Crippen LogP contribution in [0.3, 0.4) is 0 Å². The molecule has 1 aromatic carbocycles. The number of amides is 1. The summed E-state index contributed by atoms with van der Waals surface area (Å²) in [7, 11) is -1.99. The van der Waals surface area contributed by atoms with Crippen molar-refractivity contribution in [2.75, 3.05) is 20.1 Å². The average molecular weight is 334 g/mol. The summed E-state index contributed by atoms with van der Waals surface area (Å²) >= 11 is 0. The number of carbonyl (C=O) groups is 1. The second-order valence-electron chi connectivity index (χ2n) is 5.51. The molecule has 1 atom stereocenters. The van der Waals surface area contributed by atoms with E-state index in [-0.39, 0.29) is 18.1 Å². The molecule has 8 heteroatoms. The number of benzene rings is 1. The third-order valence-electron chi connectivity index (χ3n) is 4.06. The fraction of sp³-hybridized carbons (Fsp3) is 0.400. The highest BCUT2D eigenvalue weighted by atomic mass is 32.2. The van der Waals surface area contributed by atoms with E-state index in [1.165, 1.54) is 13.2 Å². The van der Waals surface area contributed by atoms with E-state index in [1.54, 1.807) is 11.0 Å². The molecule has 1 aliphatic heterocycles. The Morgan fingerprint density at radius 2 is 2.04 bits per heavy atom. The first-order valence-electron chi connectivity index (χ1n) is 7.44. The van der Waals surface area contributed by atoms with Crippen molar-refractivity contribution in [3.05, 3.63) is 36.2 Å². The van der Waals surface area contributed by atoms with E-state index in [9.17, 15) is 13.2 Å². The van der Waals surface area contributed by atoms with Gasteiger partial charge >= 0.3 is 0 Å². The summed E-state index contributed by atoms with van der Waals surface area (Å²) in [6, 6.07) is 7.31. The van der Waals surface area contributed by atoms with Gasteiger partial charge in [0, 0.05) is 13.1 Å². The lowest BCUT2D eigenvalue weighted by molar-refractivity contribution is 0.0721. The van der Waals surface area contributed by atoms with Crippen molar-refractivity contribution < 1.29 is 13.2 Å². The molecule has 1 aromatic heterocycles. The summed E-state index contributed by atoms with van der Waals surface area (Å²) in [4.78, 5) is 22.7. The Bertz CT molecular complexity index is 837. The van der Waals surface area contributed by atoms with Crippen molar-refractivity contribution in [1.29, 1.82) is 0 Å². The Hall–Kier alpha value is -2.06. The van der Waals surface area contributed by atoms with E-state index in [0.29, 0.717) is 24.9 Å². The van der Waals surface area contributed by atoms with Crippen LogP contribution in [0.4, 0.5) is 0 Å². The summed E-state index contributed by atoms with van der Waals surface area (Å²) in [5.41, 5.74) is 1.61. The molecule has 0 spiro atoms. The number of piperidine rings is 1. The molecule has 2 aromatic rings. The molecule has 0 saturated carbocycles. The number of carbonyl (C=O) groups excluding carboxylic acids is 1. The Morgan fingerprint density at radius 1 is 1.30 bits per heavy atom. The standard InChI is InChI=1S/C15H18N4O3S/c1-16-23(21,22)11-5-4-8-19(10-11)15(20)14-9-17-12-6-2-3-7-13(12)18-14/h2-3,6-7,9,11,16H,4-5,8,10H2,1H3. The third-order valence-corrected chi connectivity index (χ3v) is 5.89. The maximum Gasteiger partial charge on any atom is 0.274 e. The summed E-state index contributed by atoms with van der Waals surface area (Å²) in [5, 5.41) is -0.585. The predicted molar refractivity (Wildman–Crippen MR) is 86.4 cm³/mol. The summed E-state index contributed by atoms with van der Waals surface area (Å²) < 4.78 is 26.3. The molecule has 3 rings (SSSR count). The van der Waals surface area contributed by atoms with Gasteiger partial charge in [0.15, 0.2) is 0 Å². The summed E-state index contributed by atoms with van der Waals surface area (Å²) in [5.74, 6) is -0.278. The zero-order valence-electron chi connectivity index (χ0n) is 12.8. The van der Waals surface area contributed by atoms with Crippen molar-refractivity contribution in [2.45, 2.75) is 18.1 Å². The Kier molecular flexibility index (Phi) is 4.27. The first-order valence-corrected chi connectivity index (χ1v) is 8.99. The first-order chi connectivity index (χ1) is 11.0. The van der Waals surface area contributed by atoms with E-state index in [2.05, 4.69) is 14.7 Å². The smallest absolute Gasteiger partial charge is 0.274 e. The predicted octanol–water partition coefficient (Wildman–Crippen LogP) is 0.784. The van der Waals surface area contributed by atoms with Crippen LogP contribution in [0.2, 0.25) is 0 Å². The molecule has 1 amide bonds. The van der Waals surface area contributed by atoms with Crippen molar-refractivity contribution in [3.8, 4) is 0 Å². The lowest BCUT2D eigenvalue weighted by Gasteiger charge is -2.31. The van der Waals surface area contributed by atoms with Gasteiger partial charge in [0.2, 0.25) is 10.0 Å². The zero-order chi connectivity index (χ0) is 16.4. The molecule has 2 heterocycles. The lowest BCUT2D eigenvalue weighted by Crippen LogP contribution is -2.47. The van der Waals surface area contributed by atoms with E-state index < -0.39 is 15.3 Å². The van der Waals surface area contributed by atoms with E-state index >= 15 is 0 Å². The van der Waals surface area contributed by atoms with Gasteiger partial charge in [-0.3, -0.25) is 9.78 Å². The zero-order valence-corrected chi connectivity index (χ0v) is 13.6. The molecule has 122 valence electrons. The van der Waals surface area contributed by atoms with E-state index in [1.807, 2.05) is 18.2 Å². The number of hydrogen-bond donors (Lipinski definition) is 1. The minimum Gasteiger partial charge on any atom is -0.336 e. The number of hydrogen-bond acceptors (Lipinski definition) is 5. The van der Waals surface area contributed by atoms with Crippen LogP contribution in [0.5, 0.6) is 0 Å². The van der Waals surface area contributed by atoms with Crippen LogP contribution in [0.1, 0.15) is 23.3 Å². The van der Waals surface area contributed by atoms with Gasteiger partial charge in [-0.25, -0.2) is 18.1 Å². The van der Waals surface area contributed by atoms with Crippen LogP contribution in [0, 0.1) is 0 Å². The molecule has 7 nitrogen and oxygen atoms in total. The minimum atomic E-state index is -3.38. The molecule has 1 aliphatic rings. The fourth-order valence-corrected chi connectivity index (χ4v) is 3.95. The fourth-order valence-electron chi connectivity index (χ4n) is 2.76. The molecule has 0 radical (unpaired) electrons. The maximum atomic E-state index is 12.6. The van der Waals surface area contributed by atoms with Crippen LogP contribution < -0.4 is 4.72 Å². The Balaban J connectivity index is 1.83. The Morgan fingerprint density at radius 3 is 2.78 bits per heavy atom. The second-order valence-corrected chi connectivity index (χ2v) is 7.67. The van der Waals surface area contributed by atoms with Gasteiger partial charge in [0.05, 0.1) is 22.5 Å². The van der Waals surface area contributed by atoms with Gasteiger partial charge in [0.25, 0.3) is 5.91 Å². The molecule has 0 aliphatic carbocycles. The number of aromatic nitrogens is 2. The van der Waals surface area contributed by atoms with E-state index in [0.717, 1.165) is 5.52 Å². The van der Waals surface area contributed by atoms with Crippen LogP contribution in [-0.4, -0.2) is 54.6 Å². The van der Waals surface area contributed by atoms with E-state index in [4.69, 9.17) is 0 Å². The van der Waals surface area contributed by atoms with Crippen LogP contribution >= 0.6 is 0 Å². The van der Waals surface area contributed by atoms with Crippen LogP contribution in [0.15, 0.2) is 30.5 Å². The minimum absolute atomic E-state index is 0.177. The topological polar surface area (TPSA) is 92.3 Å². The number of fused-ring (bicyclic) bond motifs is 1. The average Bonchev–Trinajstić information content (AvgIpc) is 2.60. The second kappa shape index (κ2) is 6.21. The number of nitrogens with zero attached hydrogens (tertiary/aromatic N) is 3. The molecule has 1 fully saturated rings. The van der Waals surface area contributed by atoms with Crippen LogP contribution in [0.25, 0.3) is 11.0 Å². The molecule has 1 saturated heterocycles. The monoisotopic (exact) mass is 334 g/mol. The van der Waals surface area contributed by atoms with Crippen molar-refractivity contribution in [2.24, 2.45) is 0 Å². The number of sulfonamides is 1. The number of para-hydroxylation sites is 2.